The first kappa shape index (κ1) is 18.8. The first-order valence-electron chi connectivity index (χ1n) is 9.69. The van der Waals surface area contributed by atoms with Crippen LogP contribution in [0.15, 0.2) is 65.0 Å². The standard InChI is InChI=1S/C23H23N3O3/c1-4-25-19-12-6-15(3)14-16(19)7-13-20(25)21-22(28)26(5-2)23(29-21)24-17-8-10-18(27)11-9-17/h6-14,27H,4-5H2,1-3H3/b21-20-,24-23?. The number of likely N-dealkylation sites (N-methyl/N-ethyl adjacent to an activating group) is 2. The number of amidine groups is 1. The fourth-order valence-electron chi connectivity index (χ4n) is 3.54. The van der Waals surface area contributed by atoms with Gasteiger partial charge < -0.3 is 14.7 Å². The maximum atomic E-state index is 13.1. The Hall–Kier alpha value is -3.54. The highest BCUT2D eigenvalue weighted by Crippen LogP contribution is 2.35. The number of phenolic OH excluding ortho intramolecular Hbond substituents is 1. The van der Waals surface area contributed by atoms with Crippen LogP contribution in [0.4, 0.5) is 11.4 Å². The van der Waals surface area contributed by atoms with Gasteiger partial charge >= 0.3 is 6.02 Å². The van der Waals surface area contributed by atoms with E-state index in [9.17, 15) is 9.90 Å². The number of carbonyl (C=O) groups is 1. The summed E-state index contributed by atoms with van der Waals surface area (Å²) < 4.78 is 5.97. The molecule has 0 atom stereocenters. The molecule has 0 aliphatic carbocycles. The molecular formula is C23H23N3O3. The molecule has 2 aromatic carbocycles. The van der Waals surface area contributed by atoms with E-state index in [2.05, 4.69) is 35.0 Å². The fourth-order valence-corrected chi connectivity index (χ4v) is 3.54. The predicted octanol–water partition coefficient (Wildman–Crippen LogP) is 4.33. The Morgan fingerprint density at radius 2 is 1.72 bits per heavy atom. The second-order valence-corrected chi connectivity index (χ2v) is 6.92. The molecule has 1 amide bonds. The summed E-state index contributed by atoms with van der Waals surface area (Å²) in [6.07, 6.45) is 3.94. The molecule has 2 aromatic rings. The molecule has 1 saturated heterocycles. The zero-order valence-electron chi connectivity index (χ0n) is 16.7. The summed E-state index contributed by atoms with van der Waals surface area (Å²) >= 11 is 0. The van der Waals surface area contributed by atoms with Gasteiger partial charge in [0, 0.05) is 18.8 Å². The Balaban J connectivity index is 1.76. The lowest BCUT2D eigenvalue weighted by molar-refractivity contribution is -0.122. The molecule has 6 nitrogen and oxygen atoms in total. The molecule has 0 saturated carbocycles. The average Bonchev–Trinajstić information content (AvgIpc) is 3.03. The zero-order chi connectivity index (χ0) is 20.5. The van der Waals surface area contributed by atoms with Crippen molar-refractivity contribution in [3.8, 4) is 5.75 Å². The van der Waals surface area contributed by atoms with Crippen LogP contribution in [0.1, 0.15) is 25.0 Å². The number of amides is 1. The van der Waals surface area contributed by atoms with E-state index < -0.39 is 0 Å². The number of ether oxygens (including phenoxy) is 1. The Morgan fingerprint density at radius 1 is 1.00 bits per heavy atom. The van der Waals surface area contributed by atoms with Gasteiger partial charge in [-0.2, -0.15) is 4.99 Å². The monoisotopic (exact) mass is 389 g/mol. The van der Waals surface area contributed by atoms with Crippen LogP contribution in [0.2, 0.25) is 0 Å². The van der Waals surface area contributed by atoms with Crippen LogP contribution >= 0.6 is 0 Å². The number of aliphatic imine (C=N–C) groups is 1. The third-order valence-corrected chi connectivity index (χ3v) is 4.99. The predicted molar refractivity (Wildman–Crippen MR) is 114 cm³/mol. The van der Waals surface area contributed by atoms with Crippen LogP contribution in [0.25, 0.3) is 6.08 Å². The van der Waals surface area contributed by atoms with Crippen LogP contribution in [-0.2, 0) is 9.53 Å². The van der Waals surface area contributed by atoms with Gasteiger partial charge in [-0.05, 0) is 68.8 Å². The van der Waals surface area contributed by atoms with Crippen molar-refractivity contribution in [2.45, 2.75) is 20.8 Å². The van der Waals surface area contributed by atoms with Gasteiger partial charge in [-0.15, -0.1) is 0 Å². The number of benzene rings is 2. The zero-order valence-corrected chi connectivity index (χ0v) is 16.7. The quantitative estimate of drug-likeness (QED) is 0.794. The van der Waals surface area contributed by atoms with E-state index in [0.29, 0.717) is 18.8 Å². The number of hydrogen-bond acceptors (Lipinski definition) is 5. The van der Waals surface area contributed by atoms with Crippen LogP contribution in [0.3, 0.4) is 0 Å². The summed E-state index contributed by atoms with van der Waals surface area (Å²) in [5, 5.41) is 9.46. The van der Waals surface area contributed by atoms with Gasteiger partial charge in [0.15, 0.2) is 0 Å². The molecule has 148 valence electrons. The lowest BCUT2D eigenvalue weighted by Gasteiger charge is -2.29. The van der Waals surface area contributed by atoms with Crippen LogP contribution in [0.5, 0.6) is 5.75 Å². The molecule has 2 heterocycles. The summed E-state index contributed by atoms with van der Waals surface area (Å²) in [7, 11) is 0. The van der Waals surface area contributed by atoms with Crippen molar-refractivity contribution >= 4 is 29.4 Å². The first-order chi connectivity index (χ1) is 14.0. The molecular weight excluding hydrogens is 366 g/mol. The Kier molecular flexibility index (Phi) is 4.84. The van der Waals surface area contributed by atoms with Crippen molar-refractivity contribution in [1.29, 1.82) is 0 Å². The van der Waals surface area contributed by atoms with Crippen LogP contribution in [-0.4, -0.2) is 35.0 Å². The Bertz CT molecular complexity index is 1050. The molecule has 6 heteroatoms. The summed E-state index contributed by atoms with van der Waals surface area (Å²) in [5.41, 5.74) is 4.68. The maximum absolute atomic E-state index is 13.1. The highest BCUT2D eigenvalue weighted by Gasteiger charge is 2.37. The second kappa shape index (κ2) is 7.47. The van der Waals surface area contributed by atoms with E-state index in [1.54, 1.807) is 24.3 Å². The van der Waals surface area contributed by atoms with Gasteiger partial charge in [0.1, 0.15) is 5.75 Å². The number of allylic oxidation sites excluding steroid dienone is 1. The highest BCUT2D eigenvalue weighted by atomic mass is 16.5. The second-order valence-electron chi connectivity index (χ2n) is 6.92. The maximum Gasteiger partial charge on any atom is 0.305 e. The highest BCUT2D eigenvalue weighted by molar-refractivity contribution is 6.10. The smallest absolute Gasteiger partial charge is 0.305 e. The molecule has 0 unspecified atom stereocenters. The van der Waals surface area contributed by atoms with Crippen molar-refractivity contribution in [2.24, 2.45) is 4.99 Å². The number of nitrogens with zero attached hydrogens (tertiary/aromatic N) is 3. The van der Waals surface area contributed by atoms with Crippen molar-refractivity contribution < 1.29 is 14.6 Å². The summed E-state index contributed by atoms with van der Waals surface area (Å²) in [6, 6.07) is 12.9. The molecule has 0 bridgehead atoms. The molecule has 2 aliphatic rings. The topological polar surface area (TPSA) is 65.4 Å². The molecule has 29 heavy (non-hydrogen) atoms. The minimum absolute atomic E-state index is 0.160. The van der Waals surface area contributed by atoms with Crippen LogP contribution in [0, 0.1) is 6.92 Å². The van der Waals surface area contributed by atoms with Crippen molar-refractivity contribution in [1.82, 2.24) is 4.90 Å². The molecule has 2 aliphatic heterocycles. The van der Waals surface area contributed by atoms with E-state index in [4.69, 9.17) is 4.74 Å². The number of fused-ring (bicyclic) bond motifs is 1. The molecule has 1 N–H and O–H groups in total. The van der Waals surface area contributed by atoms with E-state index in [0.717, 1.165) is 16.9 Å². The van der Waals surface area contributed by atoms with Gasteiger partial charge in [0.2, 0.25) is 5.76 Å². The molecule has 4 rings (SSSR count). The summed E-state index contributed by atoms with van der Waals surface area (Å²) in [4.78, 5) is 21.1. The lowest BCUT2D eigenvalue weighted by atomic mass is 10.0. The largest absolute Gasteiger partial charge is 0.508 e. The molecule has 1 fully saturated rings. The SMILES string of the molecule is CCN1C(=O)/C(=C2\C=Cc3cc(C)ccc3N2CC)OC1=Nc1ccc(O)cc1. The minimum atomic E-state index is -0.210. The molecule has 0 spiro atoms. The van der Waals surface area contributed by atoms with Gasteiger partial charge in [-0.25, -0.2) is 0 Å². The number of hydrogen-bond donors (Lipinski definition) is 1. The van der Waals surface area contributed by atoms with Gasteiger partial charge in [-0.1, -0.05) is 17.7 Å². The number of anilines is 1. The van der Waals surface area contributed by atoms with Crippen molar-refractivity contribution in [2.75, 3.05) is 18.0 Å². The number of phenols is 1. The van der Waals surface area contributed by atoms with Crippen molar-refractivity contribution in [3.05, 3.63) is 71.1 Å². The van der Waals surface area contributed by atoms with E-state index >= 15 is 0 Å². The van der Waals surface area contributed by atoms with Crippen molar-refractivity contribution in [3.63, 3.8) is 0 Å². The molecule has 0 aromatic heterocycles. The summed E-state index contributed by atoms with van der Waals surface area (Å²) in [5.74, 6) is 0.222. The number of aryl methyl sites for hydroxylation is 1. The van der Waals surface area contributed by atoms with Gasteiger partial charge in [0.05, 0.1) is 11.4 Å². The minimum Gasteiger partial charge on any atom is -0.508 e. The Labute approximate surface area is 170 Å². The molecule has 0 radical (unpaired) electrons. The normalized spacial score (nSPS) is 19.7. The fraction of sp³-hybridized carbons (Fsp3) is 0.217. The number of rotatable bonds is 3. The third-order valence-electron chi connectivity index (χ3n) is 4.99. The lowest BCUT2D eigenvalue weighted by Crippen LogP contribution is -2.30. The number of carbonyl (C=O) groups excluding carboxylic acids is 1. The average molecular weight is 389 g/mol. The van der Waals surface area contributed by atoms with Gasteiger partial charge in [-0.3, -0.25) is 9.69 Å². The third kappa shape index (κ3) is 3.38. The number of aromatic hydroxyl groups is 1. The summed E-state index contributed by atoms with van der Waals surface area (Å²) in [6.45, 7) is 7.14. The van der Waals surface area contributed by atoms with E-state index in [1.807, 2.05) is 26.0 Å². The Morgan fingerprint density at radius 3 is 2.41 bits per heavy atom. The van der Waals surface area contributed by atoms with Crippen LogP contribution < -0.4 is 4.90 Å². The first-order valence-corrected chi connectivity index (χ1v) is 9.69. The van der Waals surface area contributed by atoms with E-state index in [1.165, 1.54) is 10.5 Å². The van der Waals surface area contributed by atoms with Gasteiger partial charge in [0.25, 0.3) is 5.91 Å². The van der Waals surface area contributed by atoms with E-state index in [-0.39, 0.29) is 23.4 Å².